The summed E-state index contributed by atoms with van der Waals surface area (Å²) in [5, 5.41) is 9.29. The number of nitrogens with one attached hydrogen (secondary N) is 1. The minimum absolute atomic E-state index is 0.0442. The van der Waals surface area contributed by atoms with E-state index in [4.69, 9.17) is 5.10 Å². The van der Waals surface area contributed by atoms with Crippen LogP contribution in [0.1, 0.15) is 44.2 Å². The third kappa shape index (κ3) is 2.89. The van der Waals surface area contributed by atoms with Crippen LogP contribution in [-0.2, 0) is 12.0 Å². The molecule has 1 atom stereocenters. The third-order valence-corrected chi connectivity index (χ3v) is 7.34. The zero-order valence-electron chi connectivity index (χ0n) is 17.2. The predicted molar refractivity (Wildman–Crippen MR) is 116 cm³/mol. The first-order valence-corrected chi connectivity index (χ1v) is 11.2. The maximum atomic E-state index is 12.8. The van der Waals surface area contributed by atoms with Crippen LogP contribution in [0, 0.1) is 0 Å². The van der Waals surface area contributed by atoms with Crippen molar-refractivity contribution in [3.63, 3.8) is 0 Å². The predicted octanol–water partition coefficient (Wildman–Crippen LogP) is 4.10. The molecule has 1 aromatic carbocycles. The lowest BCUT2D eigenvalue weighted by molar-refractivity contribution is 0.201. The van der Waals surface area contributed by atoms with Crippen LogP contribution in [0.5, 0.6) is 0 Å². The van der Waals surface area contributed by atoms with Crippen molar-refractivity contribution in [1.82, 2.24) is 25.0 Å². The van der Waals surface area contributed by atoms with E-state index in [1.807, 2.05) is 29.3 Å². The van der Waals surface area contributed by atoms with Gasteiger partial charge in [0.25, 0.3) is 0 Å². The topological polar surface area (TPSA) is 63.1 Å². The number of carbonyl (C=O) groups is 1. The summed E-state index contributed by atoms with van der Waals surface area (Å²) in [6.45, 7) is 2.55. The van der Waals surface area contributed by atoms with E-state index in [0.717, 1.165) is 67.5 Å². The molecule has 30 heavy (non-hydrogen) atoms. The number of urea groups is 1. The summed E-state index contributed by atoms with van der Waals surface area (Å²) in [6.07, 6.45) is 8.73. The number of carbonyl (C=O) groups excluding carboxylic acids is 1. The number of likely N-dealkylation sites (tertiary alicyclic amines) is 1. The molecule has 4 heterocycles. The first-order chi connectivity index (χ1) is 14.7. The third-order valence-electron chi connectivity index (χ3n) is 7.34. The van der Waals surface area contributed by atoms with Gasteiger partial charge in [-0.25, -0.2) is 4.79 Å². The van der Waals surface area contributed by atoms with Gasteiger partial charge in [0.15, 0.2) is 0 Å². The number of benzene rings is 1. The van der Waals surface area contributed by atoms with E-state index < -0.39 is 0 Å². The molecule has 1 saturated carbocycles. The van der Waals surface area contributed by atoms with Crippen molar-refractivity contribution in [2.75, 3.05) is 13.1 Å². The Bertz CT molecular complexity index is 1120. The standard InChI is InChI=1S/C24H27N5O/c30-23(26-19-6-2-3-7-19)28-11-9-24(16-28)10-12-29-22(24)14-21(27-29)18-13-17-5-1-4-8-20(17)25-15-18/h1,4-5,8,13-15,19H,2-3,6-7,9-12,16H2,(H,26,30). The molecule has 2 aliphatic heterocycles. The summed E-state index contributed by atoms with van der Waals surface area (Å²) >= 11 is 0. The van der Waals surface area contributed by atoms with Gasteiger partial charge in [0.2, 0.25) is 0 Å². The van der Waals surface area contributed by atoms with Gasteiger partial charge >= 0.3 is 6.03 Å². The molecule has 3 aliphatic rings. The Hall–Kier alpha value is -2.89. The summed E-state index contributed by atoms with van der Waals surface area (Å²) in [7, 11) is 0. The van der Waals surface area contributed by atoms with Crippen LogP contribution in [0.25, 0.3) is 22.2 Å². The van der Waals surface area contributed by atoms with Gasteiger partial charge in [-0.05, 0) is 43.9 Å². The van der Waals surface area contributed by atoms with Crippen LogP contribution in [0.3, 0.4) is 0 Å². The molecule has 3 aromatic rings. The SMILES string of the molecule is O=C(NC1CCCC1)N1CCC2(CCn3nc(-c4cnc5ccccc5c4)cc32)C1. The zero-order valence-corrected chi connectivity index (χ0v) is 17.2. The zero-order chi connectivity index (χ0) is 20.1. The van der Waals surface area contributed by atoms with Crippen LogP contribution in [0.15, 0.2) is 42.6 Å². The quantitative estimate of drug-likeness (QED) is 0.703. The summed E-state index contributed by atoms with van der Waals surface area (Å²) in [5.41, 5.74) is 4.37. The van der Waals surface area contributed by atoms with Crippen LogP contribution in [0.2, 0.25) is 0 Å². The molecule has 6 nitrogen and oxygen atoms in total. The van der Waals surface area contributed by atoms with Gasteiger partial charge in [-0.2, -0.15) is 5.10 Å². The summed E-state index contributed by atoms with van der Waals surface area (Å²) in [5.74, 6) is 0. The number of aryl methyl sites for hydroxylation is 1. The Morgan fingerprint density at radius 3 is 2.83 bits per heavy atom. The molecule has 2 amide bonds. The van der Waals surface area contributed by atoms with E-state index in [0.29, 0.717) is 6.04 Å². The molecular formula is C24H27N5O. The first-order valence-electron chi connectivity index (χ1n) is 11.2. The average molecular weight is 402 g/mol. The van der Waals surface area contributed by atoms with Gasteiger partial charge in [0.1, 0.15) is 0 Å². The molecular weight excluding hydrogens is 374 g/mol. The number of hydrogen-bond acceptors (Lipinski definition) is 3. The van der Waals surface area contributed by atoms with Crippen molar-refractivity contribution in [2.24, 2.45) is 0 Å². The second kappa shape index (κ2) is 6.83. The highest BCUT2D eigenvalue weighted by Gasteiger charge is 2.47. The van der Waals surface area contributed by atoms with E-state index in [9.17, 15) is 4.79 Å². The normalized spacial score (nSPS) is 23.5. The van der Waals surface area contributed by atoms with Crippen LogP contribution in [0.4, 0.5) is 4.79 Å². The van der Waals surface area contributed by atoms with Gasteiger partial charge in [0.05, 0.1) is 11.2 Å². The van der Waals surface area contributed by atoms with Gasteiger partial charge in [-0.1, -0.05) is 31.0 Å². The molecule has 1 N–H and O–H groups in total. The molecule has 1 aliphatic carbocycles. The number of rotatable bonds is 2. The Labute approximate surface area is 176 Å². The van der Waals surface area contributed by atoms with Crippen molar-refractivity contribution < 1.29 is 4.79 Å². The smallest absolute Gasteiger partial charge is 0.317 e. The molecule has 0 bridgehead atoms. The van der Waals surface area contributed by atoms with Gasteiger partial charge in [0, 0.05) is 53.9 Å². The number of nitrogens with zero attached hydrogens (tertiary/aromatic N) is 4. The second-order valence-corrected chi connectivity index (χ2v) is 9.19. The lowest BCUT2D eigenvalue weighted by Crippen LogP contribution is -2.44. The van der Waals surface area contributed by atoms with E-state index in [-0.39, 0.29) is 11.4 Å². The Kier molecular flexibility index (Phi) is 4.08. The largest absolute Gasteiger partial charge is 0.335 e. The fraction of sp³-hybridized carbons (Fsp3) is 0.458. The van der Waals surface area contributed by atoms with Crippen molar-refractivity contribution in [3.05, 3.63) is 48.3 Å². The highest BCUT2D eigenvalue weighted by molar-refractivity contribution is 5.82. The minimum Gasteiger partial charge on any atom is -0.335 e. The number of hydrogen-bond donors (Lipinski definition) is 1. The van der Waals surface area contributed by atoms with Crippen molar-refractivity contribution in [1.29, 1.82) is 0 Å². The number of pyridine rings is 1. The molecule has 2 aromatic heterocycles. The fourth-order valence-corrected chi connectivity index (χ4v) is 5.61. The van der Waals surface area contributed by atoms with Crippen molar-refractivity contribution >= 4 is 16.9 Å². The lowest BCUT2D eigenvalue weighted by atomic mass is 9.82. The Morgan fingerprint density at radius 1 is 1.10 bits per heavy atom. The van der Waals surface area contributed by atoms with Crippen LogP contribution >= 0.6 is 0 Å². The number of fused-ring (bicyclic) bond motifs is 3. The molecule has 1 unspecified atom stereocenters. The second-order valence-electron chi connectivity index (χ2n) is 9.19. The molecule has 2 fully saturated rings. The van der Waals surface area contributed by atoms with E-state index in [2.05, 4.69) is 33.2 Å². The molecule has 154 valence electrons. The summed E-state index contributed by atoms with van der Waals surface area (Å²) in [6, 6.07) is 13.1. The monoisotopic (exact) mass is 401 g/mol. The molecule has 6 heteroatoms. The van der Waals surface area contributed by atoms with Gasteiger partial charge < -0.3 is 10.2 Å². The Balaban J connectivity index is 1.24. The molecule has 0 radical (unpaired) electrons. The van der Waals surface area contributed by atoms with Crippen molar-refractivity contribution in [2.45, 2.75) is 56.5 Å². The van der Waals surface area contributed by atoms with Gasteiger partial charge in [-0.3, -0.25) is 9.67 Å². The lowest BCUT2D eigenvalue weighted by Gasteiger charge is -2.24. The van der Waals surface area contributed by atoms with E-state index in [1.54, 1.807) is 0 Å². The summed E-state index contributed by atoms with van der Waals surface area (Å²) < 4.78 is 2.16. The molecule has 6 rings (SSSR count). The minimum atomic E-state index is 0.0442. The molecule has 1 saturated heterocycles. The van der Waals surface area contributed by atoms with Crippen LogP contribution in [-0.4, -0.2) is 44.8 Å². The van der Waals surface area contributed by atoms with Crippen LogP contribution < -0.4 is 5.32 Å². The maximum Gasteiger partial charge on any atom is 0.317 e. The van der Waals surface area contributed by atoms with Gasteiger partial charge in [-0.15, -0.1) is 0 Å². The Morgan fingerprint density at radius 2 is 1.93 bits per heavy atom. The first kappa shape index (κ1) is 17.9. The highest BCUT2D eigenvalue weighted by atomic mass is 16.2. The molecule has 1 spiro atoms. The fourth-order valence-electron chi connectivity index (χ4n) is 5.61. The number of amides is 2. The van der Waals surface area contributed by atoms with E-state index >= 15 is 0 Å². The number of para-hydroxylation sites is 1. The maximum absolute atomic E-state index is 12.8. The highest BCUT2D eigenvalue weighted by Crippen LogP contribution is 2.43. The average Bonchev–Trinajstić information content (AvgIpc) is 3.55. The van der Waals surface area contributed by atoms with Crippen molar-refractivity contribution in [3.8, 4) is 11.3 Å². The summed E-state index contributed by atoms with van der Waals surface area (Å²) in [4.78, 5) is 19.4. The number of aromatic nitrogens is 3. The van der Waals surface area contributed by atoms with E-state index in [1.165, 1.54) is 18.5 Å².